The molecule has 9 nitrogen and oxygen atoms in total. The van der Waals surface area contributed by atoms with Gasteiger partial charge >= 0.3 is 0 Å². The van der Waals surface area contributed by atoms with E-state index in [0.29, 0.717) is 33.5 Å². The maximum atomic E-state index is 12.5. The van der Waals surface area contributed by atoms with Crippen molar-refractivity contribution in [2.45, 2.75) is 0 Å². The van der Waals surface area contributed by atoms with Crippen molar-refractivity contribution in [1.29, 1.82) is 0 Å². The molecule has 2 amide bonds. The summed E-state index contributed by atoms with van der Waals surface area (Å²) in [5.41, 5.74) is 1.07. The van der Waals surface area contributed by atoms with Crippen LogP contribution in [-0.2, 0) is 4.79 Å². The molecule has 0 radical (unpaired) electrons. The van der Waals surface area contributed by atoms with Crippen LogP contribution >= 0.6 is 11.6 Å². The number of nitrogens with one attached hydrogen (secondary N) is 2. The number of carbonyl (C=O) groups excluding carboxylic acids is 2. The summed E-state index contributed by atoms with van der Waals surface area (Å²) in [5.74, 6) is -0.194. The van der Waals surface area contributed by atoms with Gasteiger partial charge in [0.2, 0.25) is 0 Å². The summed E-state index contributed by atoms with van der Waals surface area (Å²) in [7, 11) is 1.43. The van der Waals surface area contributed by atoms with Gasteiger partial charge in [-0.15, -0.1) is 0 Å². The SMILES string of the molecule is COc1cc(NC(=O)COc2ccc([N+](=O)[O-])cc2)ccc1NC(=O)c1ccccc1Cl. The summed E-state index contributed by atoms with van der Waals surface area (Å²) in [6, 6.07) is 16.8. The fourth-order valence-electron chi connectivity index (χ4n) is 2.72. The molecule has 3 aromatic carbocycles. The number of anilines is 2. The van der Waals surface area contributed by atoms with E-state index in [9.17, 15) is 19.7 Å². The van der Waals surface area contributed by atoms with Crippen molar-refractivity contribution in [3.63, 3.8) is 0 Å². The molecular formula is C22H18ClN3O6. The number of non-ortho nitro benzene ring substituents is 1. The highest BCUT2D eigenvalue weighted by atomic mass is 35.5. The fourth-order valence-corrected chi connectivity index (χ4v) is 2.94. The second kappa shape index (κ2) is 10.3. The molecule has 0 aliphatic rings. The number of amides is 2. The lowest BCUT2D eigenvalue weighted by molar-refractivity contribution is -0.384. The Bertz CT molecular complexity index is 1150. The van der Waals surface area contributed by atoms with Crippen LogP contribution in [0.25, 0.3) is 0 Å². The Labute approximate surface area is 188 Å². The predicted octanol–water partition coefficient (Wildman–Crippen LogP) is 4.53. The predicted molar refractivity (Wildman–Crippen MR) is 120 cm³/mol. The summed E-state index contributed by atoms with van der Waals surface area (Å²) < 4.78 is 10.6. The van der Waals surface area contributed by atoms with Crippen LogP contribution in [0, 0.1) is 10.1 Å². The maximum absolute atomic E-state index is 12.5. The molecular weight excluding hydrogens is 438 g/mol. The standard InChI is InChI=1S/C22H18ClN3O6/c1-31-20-12-14(6-11-19(20)25-22(28)17-4-2-3-5-18(17)23)24-21(27)13-32-16-9-7-15(8-10-16)26(29)30/h2-12H,13H2,1H3,(H,24,27)(H,25,28). The number of nitrogens with zero attached hydrogens (tertiary/aromatic N) is 1. The second-order valence-electron chi connectivity index (χ2n) is 6.44. The lowest BCUT2D eigenvalue weighted by Crippen LogP contribution is -2.20. The largest absolute Gasteiger partial charge is 0.494 e. The Morgan fingerprint density at radius 1 is 1.03 bits per heavy atom. The maximum Gasteiger partial charge on any atom is 0.269 e. The number of nitro benzene ring substituents is 1. The van der Waals surface area contributed by atoms with Gasteiger partial charge in [-0.3, -0.25) is 19.7 Å². The minimum absolute atomic E-state index is 0.0735. The van der Waals surface area contributed by atoms with Crippen LogP contribution in [0.4, 0.5) is 17.1 Å². The Hall–Kier alpha value is -4.11. The van der Waals surface area contributed by atoms with E-state index in [2.05, 4.69) is 10.6 Å². The van der Waals surface area contributed by atoms with Gasteiger partial charge in [-0.1, -0.05) is 23.7 Å². The van der Waals surface area contributed by atoms with Gasteiger partial charge in [0, 0.05) is 23.9 Å². The molecule has 0 aliphatic carbocycles. The van der Waals surface area contributed by atoms with Crippen molar-refractivity contribution < 1.29 is 24.0 Å². The molecule has 0 aromatic heterocycles. The molecule has 0 saturated carbocycles. The first-order chi connectivity index (χ1) is 15.4. The summed E-state index contributed by atoms with van der Waals surface area (Å²) in [6.45, 7) is -0.300. The minimum atomic E-state index is -0.523. The van der Waals surface area contributed by atoms with E-state index < -0.39 is 16.7 Å². The van der Waals surface area contributed by atoms with E-state index in [1.807, 2.05) is 0 Å². The number of halogens is 1. The monoisotopic (exact) mass is 455 g/mol. The van der Waals surface area contributed by atoms with Crippen LogP contribution in [0.2, 0.25) is 5.02 Å². The molecule has 0 fully saturated rings. The van der Waals surface area contributed by atoms with E-state index in [0.717, 1.165) is 0 Å². The molecule has 0 spiro atoms. The molecule has 3 aromatic rings. The number of carbonyl (C=O) groups is 2. The highest BCUT2D eigenvalue weighted by molar-refractivity contribution is 6.34. The molecule has 0 aliphatic heterocycles. The average molecular weight is 456 g/mol. The first-order valence-electron chi connectivity index (χ1n) is 9.28. The fraction of sp³-hybridized carbons (Fsp3) is 0.0909. The second-order valence-corrected chi connectivity index (χ2v) is 6.84. The van der Waals surface area contributed by atoms with Gasteiger partial charge in [-0.05, 0) is 36.4 Å². The Kier molecular flexibility index (Phi) is 7.25. The number of rotatable bonds is 8. The minimum Gasteiger partial charge on any atom is -0.494 e. The molecule has 3 rings (SSSR count). The number of benzene rings is 3. The zero-order valence-electron chi connectivity index (χ0n) is 16.8. The average Bonchev–Trinajstić information content (AvgIpc) is 2.79. The third-order valence-electron chi connectivity index (χ3n) is 4.27. The lowest BCUT2D eigenvalue weighted by Gasteiger charge is -2.13. The molecule has 0 atom stereocenters. The molecule has 10 heteroatoms. The van der Waals surface area contributed by atoms with E-state index in [-0.39, 0.29) is 12.3 Å². The van der Waals surface area contributed by atoms with Gasteiger partial charge in [0.05, 0.1) is 28.3 Å². The first-order valence-corrected chi connectivity index (χ1v) is 9.66. The normalized spacial score (nSPS) is 10.2. The van der Waals surface area contributed by atoms with Crippen LogP contribution in [0.5, 0.6) is 11.5 Å². The molecule has 0 bridgehead atoms. The summed E-state index contributed by atoms with van der Waals surface area (Å²) >= 11 is 6.06. The molecule has 164 valence electrons. The number of hydrogen-bond acceptors (Lipinski definition) is 6. The van der Waals surface area contributed by atoms with Crippen LogP contribution in [0.15, 0.2) is 66.7 Å². The van der Waals surface area contributed by atoms with Crippen molar-refractivity contribution >= 4 is 40.5 Å². The highest BCUT2D eigenvalue weighted by Gasteiger charge is 2.14. The Morgan fingerprint density at radius 2 is 1.75 bits per heavy atom. The summed E-state index contributed by atoms with van der Waals surface area (Å²) in [6.07, 6.45) is 0. The van der Waals surface area contributed by atoms with E-state index in [4.69, 9.17) is 21.1 Å². The van der Waals surface area contributed by atoms with Crippen molar-refractivity contribution in [1.82, 2.24) is 0 Å². The molecule has 32 heavy (non-hydrogen) atoms. The zero-order chi connectivity index (χ0) is 23.1. The topological polar surface area (TPSA) is 120 Å². The lowest BCUT2D eigenvalue weighted by atomic mass is 10.2. The van der Waals surface area contributed by atoms with Crippen molar-refractivity contribution in [3.05, 3.63) is 87.4 Å². The third-order valence-corrected chi connectivity index (χ3v) is 4.60. The van der Waals surface area contributed by atoms with Crippen LogP contribution < -0.4 is 20.1 Å². The summed E-state index contributed by atoms with van der Waals surface area (Å²) in [5, 5.41) is 16.4. The Balaban J connectivity index is 1.61. The van der Waals surface area contributed by atoms with E-state index in [1.165, 1.54) is 31.4 Å². The number of hydrogen-bond donors (Lipinski definition) is 2. The number of methoxy groups -OCH3 is 1. The van der Waals surface area contributed by atoms with Crippen molar-refractivity contribution in [3.8, 4) is 11.5 Å². The molecule has 0 heterocycles. The summed E-state index contributed by atoms with van der Waals surface area (Å²) in [4.78, 5) is 34.8. The first kappa shape index (κ1) is 22.6. The van der Waals surface area contributed by atoms with Crippen LogP contribution in [0.1, 0.15) is 10.4 Å². The molecule has 0 unspecified atom stereocenters. The molecule has 2 N–H and O–H groups in total. The van der Waals surface area contributed by atoms with Gasteiger partial charge in [0.15, 0.2) is 6.61 Å². The van der Waals surface area contributed by atoms with E-state index >= 15 is 0 Å². The Morgan fingerprint density at radius 3 is 2.41 bits per heavy atom. The van der Waals surface area contributed by atoms with Gasteiger partial charge < -0.3 is 20.1 Å². The van der Waals surface area contributed by atoms with Crippen LogP contribution in [-0.4, -0.2) is 30.5 Å². The van der Waals surface area contributed by atoms with Crippen molar-refractivity contribution in [2.24, 2.45) is 0 Å². The van der Waals surface area contributed by atoms with Crippen LogP contribution in [0.3, 0.4) is 0 Å². The molecule has 0 saturated heterocycles. The number of nitro groups is 1. The van der Waals surface area contributed by atoms with Gasteiger partial charge in [0.1, 0.15) is 11.5 Å². The van der Waals surface area contributed by atoms with Gasteiger partial charge in [-0.2, -0.15) is 0 Å². The number of ether oxygens (including phenoxy) is 2. The highest BCUT2D eigenvalue weighted by Crippen LogP contribution is 2.29. The quantitative estimate of drug-likeness (QED) is 0.380. The van der Waals surface area contributed by atoms with E-state index in [1.54, 1.807) is 42.5 Å². The smallest absolute Gasteiger partial charge is 0.269 e. The van der Waals surface area contributed by atoms with Crippen molar-refractivity contribution in [2.75, 3.05) is 24.4 Å². The van der Waals surface area contributed by atoms with Gasteiger partial charge in [0.25, 0.3) is 17.5 Å². The van der Waals surface area contributed by atoms with Gasteiger partial charge in [-0.25, -0.2) is 0 Å². The third kappa shape index (κ3) is 5.73. The zero-order valence-corrected chi connectivity index (χ0v) is 17.6.